The highest BCUT2D eigenvalue weighted by molar-refractivity contribution is 9.10. The fourth-order valence-corrected chi connectivity index (χ4v) is 3.96. The number of aromatic carboxylic acids is 1. The van der Waals surface area contributed by atoms with Crippen molar-refractivity contribution >= 4 is 44.4 Å². The minimum absolute atomic E-state index is 0.0716. The molecule has 1 heterocycles. The zero-order chi connectivity index (χ0) is 19.9. The topological polar surface area (TPSA) is 65.7 Å². The summed E-state index contributed by atoms with van der Waals surface area (Å²) >= 11 is 9.35. The molecule has 3 aromatic rings. The summed E-state index contributed by atoms with van der Waals surface area (Å²) in [6.45, 7) is 0.423. The number of carboxylic acid groups (broad SMARTS) is 1. The molecule has 7 heteroatoms. The van der Waals surface area contributed by atoms with Crippen LogP contribution >= 0.6 is 27.5 Å². The highest BCUT2D eigenvalue weighted by atomic mass is 79.9. The van der Waals surface area contributed by atoms with Crippen molar-refractivity contribution in [3.05, 3.63) is 62.2 Å². The fourth-order valence-electron chi connectivity index (χ4n) is 3.38. The first-order valence-corrected chi connectivity index (χ1v) is 9.51. The molecule has 5 nitrogen and oxygen atoms in total. The predicted molar refractivity (Wildman–Crippen MR) is 111 cm³/mol. The van der Waals surface area contributed by atoms with Gasteiger partial charge in [0.25, 0.3) is 0 Å². The van der Waals surface area contributed by atoms with Crippen molar-refractivity contribution in [1.82, 2.24) is 9.47 Å². The number of fused-ring (bicyclic) bond motifs is 1. The van der Waals surface area contributed by atoms with Gasteiger partial charge in [0.1, 0.15) is 5.75 Å². The lowest BCUT2D eigenvalue weighted by atomic mass is 10.0. The monoisotopic (exact) mass is 450 g/mol. The van der Waals surface area contributed by atoms with Crippen LogP contribution in [0.2, 0.25) is 5.02 Å². The molecule has 0 amide bonds. The van der Waals surface area contributed by atoms with Crippen LogP contribution in [0.25, 0.3) is 10.9 Å². The van der Waals surface area contributed by atoms with Crippen molar-refractivity contribution in [2.45, 2.75) is 13.0 Å². The van der Waals surface area contributed by atoms with Crippen LogP contribution in [0.4, 0.5) is 0 Å². The number of aromatic nitrogens is 1. The number of hydrogen-bond acceptors (Lipinski definition) is 3. The standard InChI is InChI=1S/C20H20BrClN2O3/c1-23(2)10-13-17-16(9-14(21)19(13)25)24(3)15(18(17)20(26)27)8-11-4-6-12(22)7-5-11/h4-7,9,25H,8,10H2,1-3H3,(H,26,27). The van der Waals surface area contributed by atoms with Gasteiger partial charge in [-0.15, -0.1) is 0 Å². The molecule has 0 atom stereocenters. The van der Waals surface area contributed by atoms with Crippen LogP contribution in [-0.4, -0.2) is 39.7 Å². The number of carbonyl (C=O) groups is 1. The zero-order valence-electron chi connectivity index (χ0n) is 15.3. The SMILES string of the molecule is CN(C)Cc1c(O)c(Br)cc2c1c(C(=O)O)c(Cc1ccc(Cl)cc1)n2C. The third kappa shape index (κ3) is 3.70. The van der Waals surface area contributed by atoms with Crippen LogP contribution in [-0.2, 0) is 20.0 Å². The summed E-state index contributed by atoms with van der Waals surface area (Å²) in [6, 6.07) is 9.13. The molecular weight excluding hydrogens is 432 g/mol. The maximum absolute atomic E-state index is 12.2. The second-order valence-corrected chi connectivity index (χ2v) is 8.10. The number of benzene rings is 2. The number of rotatable bonds is 5. The summed E-state index contributed by atoms with van der Waals surface area (Å²) in [5, 5.41) is 21.8. The van der Waals surface area contributed by atoms with E-state index in [9.17, 15) is 15.0 Å². The van der Waals surface area contributed by atoms with E-state index in [-0.39, 0.29) is 11.3 Å². The Morgan fingerprint density at radius 3 is 2.44 bits per heavy atom. The van der Waals surface area contributed by atoms with Gasteiger partial charge in [0.2, 0.25) is 0 Å². The molecule has 0 radical (unpaired) electrons. The summed E-state index contributed by atoms with van der Waals surface area (Å²) in [5.41, 5.74) is 3.22. The first-order valence-electron chi connectivity index (χ1n) is 8.34. The van der Waals surface area contributed by atoms with Crippen molar-refractivity contribution in [2.75, 3.05) is 14.1 Å². The molecule has 0 aliphatic heterocycles. The molecule has 0 unspecified atom stereocenters. The molecule has 0 bridgehead atoms. The lowest BCUT2D eigenvalue weighted by molar-refractivity contribution is 0.0697. The minimum Gasteiger partial charge on any atom is -0.506 e. The summed E-state index contributed by atoms with van der Waals surface area (Å²) in [4.78, 5) is 14.1. The fraction of sp³-hybridized carbons (Fsp3) is 0.250. The molecule has 0 aliphatic carbocycles. The van der Waals surface area contributed by atoms with Crippen molar-refractivity contribution in [3.63, 3.8) is 0 Å². The Labute approximate surface area is 170 Å². The number of aryl methyl sites for hydroxylation is 1. The number of aromatic hydroxyl groups is 1. The predicted octanol–water partition coefficient (Wildman–Crippen LogP) is 4.65. The number of halogens is 2. The van der Waals surface area contributed by atoms with Gasteiger partial charge in [0.15, 0.2) is 0 Å². The van der Waals surface area contributed by atoms with Gasteiger partial charge in [-0.2, -0.15) is 0 Å². The van der Waals surface area contributed by atoms with Crippen LogP contribution in [0.1, 0.15) is 27.2 Å². The third-order valence-corrected chi connectivity index (χ3v) is 5.47. The number of hydrogen-bond donors (Lipinski definition) is 2. The lowest BCUT2D eigenvalue weighted by Crippen LogP contribution is -2.12. The van der Waals surface area contributed by atoms with Gasteiger partial charge in [-0.3, -0.25) is 0 Å². The zero-order valence-corrected chi connectivity index (χ0v) is 17.6. The first-order chi connectivity index (χ1) is 12.7. The number of phenolic OH excluding ortho intramolecular Hbond substituents is 1. The smallest absolute Gasteiger partial charge is 0.338 e. The van der Waals surface area contributed by atoms with E-state index in [2.05, 4.69) is 15.9 Å². The van der Waals surface area contributed by atoms with E-state index in [1.807, 2.05) is 42.7 Å². The number of nitrogens with zero attached hydrogens (tertiary/aromatic N) is 2. The lowest BCUT2D eigenvalue weighted by Gasteiger charge is -2.14. The molecule has 1 aromatic heterocycles. The van der Waals surface area contributed by atoms with Crippen LogP contribution in [0.15, 0.2) is 34.8 Å². The molecule has 0 fully saturated rings. The molecular formula is C20H20BrClN2O3. The molecule has 142 valence electrons. The van der Waals surface area contributed by atoms with E-state index in [4.69, 9.17) is 11.6 Å². The van der Waals surface area contributed by atoms with E-state index in [1.165, 1.54) is 0 Å². The third-order valence-electron chi connectivity index (χ3n) is 4.61. The van der Waals surface area contributed by atoms with E-state index in [0.717, 1.165) is 11.1 Å². The Morgan fingerprint density at radius 2 is 1.89 bits per heavy atom. The van der Waals surface area contributed by atoms with Gasteiger partial charge in [-0.05, 0) is 53.8 Å². The highest BCUT2D eigenvalue weighted by Gasteiger charge is 2.26. The van der Waals surface area contributed by atoms with E-state index >= 15 is 0 Å². The molecule has 2 aromatic carbocycles. The van der Waals surface area contributed by atoms with Crippen LogP contribution in [0.5, 0.6) is 5.75 Å². The van der Waals surface area contributed by atoms with E-state index in [0.29, 0.717) is 39.1 Å². The summed E-state index contributed by atoms with van der Waals surface area (Å²) in [7, 11) is 5.61. The number of phenols is 1. The number of carboxylic acids is 1. The summed E-state index contributed by atoms with van der Waals surface area (Å²) in [6.07, 6.45) is 0.448. The average Bonchev–Trinajstić information content (AvgIpc) is 2.86. The van der Waals surface area contributed by atoms with Gasteiger partial charge in [0.05, 0.1) is 15.6 Å². The maximum Gasteiger partial charge on any atom is 0.338 e. The first kappa shape index (κ1) is 19.7. The van der Waals surface area contributed by atoms with Gasteiger partial charge in [-0.1, -0.05) is 23.7 Å². The Kier molecular flexibility index (Phi) is 5.51. The molecule has 2 N–H and O–H groups in total. The van der Waals surface area contributed by atoms with E-state index < -0.39 is 5.97 Å². The van der Waals surface area contributed by atoms with Gasteiger partial charge < -0.3 is 19.7 Å². The molecule has 0 spiro atoms. The Balaban J connectivity index is 2.31. The second kappa shape index (κ2) is 7.54. The van der Waals surface area contributed by atoms with E-state index in [1.54, 1.807) is 18.2 Å². The van der Waals surface area contributed by atoms with Gasteiger partial charge >= 0.3 is 5.97 Å². The quantitative estimate of drug-likeness (QED) is 0.592. The molecule has 0 aliphatic rings. The van der Waals surface area contributed by atoms with Crippen molar-refractivity contribution in [2.24, 2.45) is 7.05 Å². The highest BCUT2D eigenvalue weighted by Crippen LogP contribution is 2.40. The van der Waals surface area contributed by atoms with Crippen molar-refractivity contribution < 1.29 is 15.0 Å². The largest absolute Gasteiger partial charge is 0.506 e. The van der Waals surface area contributed by atoms with Crippen LogP contribution < -0.4 is 0 Å². The second-order valence-electron chi connectivity index (χ2n) is 6.81. The van der Waals surface area contributed by atoms with Crippen LogP contribution in [0.3, 0.4) is 0 Å². The Hall–Kier alpha value is -2.02. The van der Waals surface area contributed by atoms with Crippen molar-refractivity contribution in [3.8, 4) is 5.75 Å². The van der Waals surface area contributed by atoms with Gasteiger partial charge in [-0.25, -0.2) is 4.79 Å². The molecule has 3 rings (SSSR count). The maximum atomic E-state index is 12.2. The van der Waals surface area contributed by atoms with Crippen LogP contribution in [0, 0.1) is 0 Å². The minimum atomic E-state index is -1.01. The average molecular weight is 452 g/mol. The van der Waals surface area contributed by atoms with Gasteiger partial charge in [0, 0.05) is 41.7 Å². The summed E-state index contributed by atoms with van der Waals surface area (Å²) < 4.78 is 2.43. The normalized spacial score (nSPS) is 11.5. The molecule has 27 heavy (non-hydrogen) atoms. The summed E-state index contributed by atoms with van der Waals surface area (Å²) in [5.74, 6) is -0.936. The molecule has 0 saturated carbocycles. The van der Waals surface area contributed by atoms with Crippen molar-refractivity contribution in [1.29, 1.82) is 0 Å². The Bertz CT molecular complexity index is 1030. The molecule has 0 saturated heterocycles. The Morgan fingerprint density at radius 1 is 1.26 bits per heavy atom.